The molecule has 0 unspecified atom stereocenters. The lowest BCUT2D eigenvalue weighted by Crippen LogP contribution is -2.04. The maximum Gasteiger partial charge on any atom is 0.305 e. The van der Waals surface area contributed by atoms with Gasteiger partial charge in [0.2, 0.25) is 0 Å². The minimum absolute atomic E-state index is 0.171. The molecule has 0 radical (unpaired) electrons. The lowest BCUT2D eigenvalue weighted by Gasteiger charge is -2.19. The normalized spacial score (nSPS) is 10.6. The zero-order valence-corrected chi connectivity index (χ0v) is 14.4. The average Bonchev–Trinajstić information content (AvgIpc) is 2.69. The number of ether oxygens (including phenoxy) is 1. The van der Waals surface area contributed by atoms with Gasteiger partial charge in [0, 0.05) is 12.3 Å². The van der Waals surface area contributed by atoms with E-state index in [-0.39, 0.29) is 11.9 Å². The van der Waals surface area contributed by atoms with Gasteiger partial charge in [-0.25, -0.2) is 0 Å². The van der Waals surface area contributed by atoms with Crippen LogP contribution in [0.25, 0.3) is 0 Å². The SMILES string of the molecule is COC(=O)CCc1ccc(C(c2ccccc2)c2ccccc2)cc1. The van der Waals surface area contributed by atoms with Crippen molar-refractivity contribution in [2.75, 3.05) is 7.11 Å². The third-order valence-electron chi connectivity index (χ3n) is 4.42. The summed E-state index contributed by atoms with van der Waals surface area (Å²) in [4.78, 5) is 11.3. The molecular formula is C23H22O2. The van der Waals surface area contributed by atoms with E-state index < -0.39 is 0 Å². The molecule has 25 heavy (non-hydrogen) atoms. The Morgan fingerprint density at radius 3 is 1.72 bits per heavy atom. The van der Waals surface area contributed by atoms with Gasteiger partial charge in [-0.1, -0.05) is 84.9 Å². The molecule has 0 bridgehead atoms. The second-order valence-corrected chi connectivity index (χ2v) is 6.07. The van der Waals surface area contributed by atoms with Crippen molar-refractivity contribution in [1.82, 2.24) is 0 Å². The molecule has 2 heteroatoms. The first-order chi connectivity index (χ1) is 12.3. The van der Waals surface area contributed by atoms with Gasteiger partial charge in [-0.2, -0.15) is 0 Å². The van der Waals surface area contributed by atoms with Crippen LogP contribution in [0.3, 0.4) is 0 Å². The maximum atomic E-state index is 11.3. The number of aryl methyl sites for hydroxylation is 1. The Kier molecular flexibility index (Phi) is 5.63. The summed E-state index contributed by atoms with van der Waals surface area (Å²) >= 11 is 0. The fourth-order valence-electron chi connectivity index (χ4n) is 3.09. The van der Waals surface area contributed by atoms with Crippen LogP contribution in [0.15, 0.2) is 84.9 Å². The molecule has 0 aromatic heterocycles. The highest BCUT2D eigenvalue weighted by Crippen LogP contribution is 2.31. The highest BCUT2D eigenvalue weighted by atomic mass is 16.5. The van der Waals surface area contributed by atoms with Gasteiger partial charge in [0.1, 0.15) is 0 Å². The van der Waals surface area contributed by atoms with Crippen molar-refractivity contribution in [2.45, 2.75) is 18.8 Å². The summed E-state index contributed by atoms with van der Waals surface area (Å²) in [5.41, 5.74) is 4.94. The van der Waals surface area contributed by atoms with Crippen molar-refractivity contribution in [3.63, 3.8) is 0 Å². The summed E-state index contributed by atoms with van der Waals surface area (Å²) in [6, 6.07) is 29.6. The number of hydrogen-bond acceptors (Lipinski definition) is 2. The van der Waals surface area contributed by atoms with Crippen LogP contribution in [0.4, 0.5) is 0 Å². The van der Waals surface area contributed by atoms with Crippen LogP contribution in [0.1, 0.15) is 34.6 Å². The van der Waals surface area contributed by atoms with Crippen LogP contribution in [0.5, 0.6) is 0 Å². The molecule has 3 rings (SSSR count). The second kappa shape index (κ2) is 8.29. The number of esters is 1. The fourth-order valence-corrected chi connectivity index (χ4v) is 3.09. The molecule has 2 nitrogen and oxygen atoms in total. The number of carbonyl (C=O) groups is 1. The van der Waals surface area contributed by atoms with Gasteiger partial charge >= 0.3 is 5.97 Å². The molecule has 0 heterocycles. The Morgan fingerprint density at radius 2 is 1.24 bits per heavy atom. The Bertz CT molecular complexity index is 753. The number of rotatable bonds is 6. The van der Waals surface area contributed by atoms with E-state index in [1.807, 2.05) is 12.1 Å². The highest BCUT2D eigenvalue weighted by molar-refractivity contribution is 5.69. The zero-order valence-electron chi connectivity index (χ0n) is 14.4. The molecule has 0 atom stereocenters. The van der Waals surface area contributed by atoms with Crippen LogP contribution in [0.2, 0.25) is 0 Å². The Balaban J connectivity index is 1.88. The molecule has 0 fully saturated rings. The van der Waals surface area contributed by atoms with Crippen molar-refractivity contribution in [1.29, 1.82) is 0 Å². The summed E-state index contributed by atoms with van der Waals surface area (Å²) < 4.78 is 4.71. The van der Waals surface area contributed by atoms with E-state index in [4.69, 9.17) is 4.74 Å². The van der Waals surface area contributed by atoms with Crippen LogP contribution in [0, 0.1) is 0 Å². The molecule has 0 aliphatic rings. The maximum absolute atomic E-state index is 11.3. The highest BCUT2D eigenvalue weighted by Gasteiger charge is 2.16. The van der Waals surface area contributed by atoms with E-state index in [1.165, 1.54) is 23.8 Å². The monoisotopic (exact) mass is 330 g/mol. The Hall–Kier alpha value is -2.87. The zero-order chi connectivity index (χ0) is 17.5. The van der Waals surface area contributed by atoms with E-state index in [2.05, 4.69) is 72.8 Å². The predicted octanol–water partition coefficient (Wildman–Crippen LogP) is 4.97. The van der Waals surface area contributed by atoms with Gasteiger partial charge < -0.3 is 4.74 Å². The fraction of sp³-hybridized carbons (Fsp3) is 0.174. The molecule has 126 valence electrons. The Labute approximate surface area is 149 Å². The third-order valence-corrected chi connectivity index (χ3v) is 4.42. The molecule has 0 spiro atoms. The number of methoxy groups -OCH3 is 1. The van der Waals surface area contributed by atoms with Gasteiger partial charge in [0.15, 0.2) is 0 Å². The van der Waals surface area contributed by atoms with E-state index in [9.17, 15) is 4.79 Å². The minimum Gasteiger partial charge on any atom is -0.469 e. The van der Waals surface area contributed by atoms with Gasteiger partial charge in [-0.15, -0.1) is 0 Å². The van der Waals surface area contributed by atoms with Crippen molar-refractivity contribution >= 4 is 5.97 Å². The smallest absolute Gasteiger partial charge is 0.305 e. The first-order valence-electron chi connectivity index (χ1n) is 8.53. The van der Waals surface area contributed by atoms with Gasteiger partial charge in [-0.3, -0.25) is 4.79 Å². The van der Waals surface area contributed by atoms with Crippen molar-refractivity contribution in [3.8, 4) is 0 Å². The van der Waals surface area contributed by atoms with E-state index in [1.54, 1.807) is 0 Å². The van der Waals surface area contributed by atoms with Crippen molar-refractivity contribution in [2.24, 2.45) is 0 Å². The molecule has 3 aromatic carbocycles. The first kappa shape index (κ1) is 17.0. The summed E-state index contributed by atoms with van der Waals surface area (Å²) in [7, 11) is 1.43. The molecule has 0 saturated heterocycles. The van der Waals surface area contributed by atoms with Gasteiger partial charge in [-0.05, 0) is 28.7 Å². The van der Waals surface area contributed by atoms with Crippen LogP contribution < -0.4 is 0 Å². The molecule has 0 aliphatic carbocycles. The van der Waals surface area contributed by atoms with Gasteiger partial charge in [0.05, 0.1) is 7.11 Å². The summed E-state index contributed by atoms with van der Waals surface area (Å²) in [5, 5.41) is 0. The molecule has 3 aromatic rings. The number of hydrogen-bond donors (Lipinski definition) is 0. The molecule has 0 aliphatic heterocycles. The summed E-state index contributed by atoms with van der Waals surface area (Å²) in [6.45, 7) is 0. The van der Waals surface area contributed by atoms with E-state index >= 15 is 0 Å². The van der Waals surface area contributed by atoms with Crippen molar-refractivity contribution in [3.05, 3.63) is 107 Å². The summed E-state index contributed by atoms with van der Waals surface area (Å²) in [6.07, 6.45) is 1.12. The standard InChI is InChI=1S/C23H22O2/c1-25-22(24)17-14-18-12-15-21(16-13-18)23(19-8-4-2-5-9-19)20-10-6-3-7-11-20/h2-13,15-16,23H,14,17H2,1H3. The van der Waals surface area contributed by atoms with E-state index in [0.717, 1.165) is 5.56 Å². The topological polar surface area (TPSA) is 26.3 Å². The van der Waals surface area contributed by atoms with Crippen LogP contribution >= 0.6 is 0 Å². The largest absolute Gasteiger partial charge is 0.469 e. The van der Waals surface area contributed by atoms with Crippen molar-refractivity contribution < 1.29 is 9.53 Å². The predicted molar refractivity (Wildman–Crippen MR) is 101 cm³/mol. The third kappa shape index (κ3) is 4.36. The van der Waals surface area contributed by atoms with E-state index in [0.29, 0.717) is 12.8 Å². The molecule has 0 amide bonds. The number of carbonyl (C=O) groups excluding carboxylic acids is 1. The Morgan fingerprint density at radius 1 is 0.760 bits per heavy atom. The quantitative estimate of drug-likeness (QED) is 0.471. The van der Waals surface area contributed by atoms with Crippen LogP contribution in [-0.4, -0.2) is 13.1 Å². The second-order valence-electron chi connectivity index (χ2n) is 6.07. The molecule has 0 N–H and O–H groups in total. The molecule has 0 saturated carbocycles. The van der Waals surface area contributed by atoms with Gasteiger partial charge in [0.25, 0.3) is 0 Å². The van der Waals surface area contributed by atoms with Crippen LogP contribution in [-0.2, 0) is 16.0 Å². The lowest BCUT2D eigenvalue weighted by atomic mass is 9.85. The average molecular weight is 330 g/mol. The first-order valence-corrected chi connectivity index (χ1v) is 8.53. The lowest BCUT2D eigenvalue weighted by molar-refractivity contribution is -0.140. The number of benzene rings is 3. The summed E-state index contributed by atoms with van der Waals surface area (Å²) in [5.74, 6) is 0.0348. The molecular weight excluding hydrogens is 308 g/mol. The minimum atomic E-state index is -0.171.